The third-order valence-corrected chi connectivity index (χ3v) is 4.36. The number of aromatic nitrogens is 1. The van der Waals surface area contributed by atoms with Gasteiger partial charge in [-0.1, -0.05) is 17.7 Å². The largest absolute Gasteiger partial charge is 0.496 e. The Balaban J connectivity index is 2.04. The van der Waals surface area contributed by atoms with Gasteiger partial charge in [0.2, 0.25) is 0 Å². The third kappa shape index (κ3) is 3.81. The number of carbonyl (C=O) groups excluding carboxylic acids is 1. The highest BCUT2D eigenvalue weighted by atomic mass is 16.5. The highest BCUT2D eigenvalue weighted by molar-refractivity contribution is 5.95. The van der Waals surface area contributed by atoms with E-state index in [2.05, 4.69) is 36.7 Å². The fourth-order valence-electron chi connectivity index (χ4n) is 3.31. The van der Waals surface area contributed by atoms with E-state index >= 15 is 0 Å². The van der Waals surface area contributed by atoms with Crippen molar-refractivity contribution in [2.45, 2.75) is 47.1 Å². The van der Waals surface area contributed by atoms with Crippen molar-refractivity contribution in [3.8, 4) is 5.75 Å². The van der Waals surface area contributed by atoms with Crippen LogP contribution in [-0.2, 0) is 6.42 Å². The summed E-state index contributed by atoms with van der Waals surface area (Å²) in [6.07, 6.45) is 0.750. The van der Waals surface area contributed by atoms with Gasteiger partial charge >= 0.3 is 0 Å². The first kappa shape index (κ1) is 18.1. The number of carbonyl (C=O) groups is 1. The van der Waals surface area contributed by atoms with Gasteiger partial charge in [-0.3, -0.25) is 4.79 Å². The van der Waals surface area contributed by atoms with Crippen LogP contribution in [0.4, 0.5) is 0 Å². The van der Waals surface area contributed by atoms with Gasteiger partial charge in [-0.2, -0.15) is 0 Å². The highest BCUT2D eigenvalue weighted by Crippen LogP contribution is 2.21. The lowest BCUT2D eigenvalue weighted by atomic mass is 10.1. The van der Waals surface area contributed by atoms with Crippen LogP contribution in [0.15, 0.2) is 24.3 Å². The predicted octanol–water partition coefficient (Wildman–Crippen LogP) is 3.98. The number of hydrogen-bond donors (Lipinski definition) is 1. The molecule has 130 valence electrons. The van der Waals surface area contributed by atoms with Crippen molar-refractivity contribution in [3.63, 3.8) is 0 Å². The van der Waals surface area contributed by atoms with E-state index in [4.69, 9.17) is 4.74 Å². The molecule has 0 bridgehead atoms. The van der Waals surface area contributed by atoms with Crippen LogP contribution >= 0.6 is 0 Å². The zero-order valence-corrected chi connectivity index (χ0v) is 15.6. The second kappa shape index (κ2) is 7.56. The third-order valence-electron chi connectivity index (χ3n) is 4.36. The minimum atomic E-state index is -0.0124. The quantitative estimate of drug-likeness (QED) is 0.872. The lowest BCUT2D eigenvalue weighted by Gasteiger charge is -2.14. The Bertz CT molecular complexity index is 729. The number of aryl methyl sites for hydroxylation is 2. The number of amides is 1. The molecule has 1 amide bonds. The molecule has 1 heterocycles. The Morgan fingerprint density at radius 3 is 2.50 bits per heavy atom. The van der Waals surface area contributed by atoms with Gasteiger partial charge in [0.05, 0.1) is 12.7 Å². The van der Waals surface area contributed by atoms with Gasteiger partial charge in [-0.25, -0.2) is 0 Å². The van der Waals surface area contributed by atoms with Crippen molar-refractivity contribution in [1.29, 1.82) is 0 Å². The summed E-state index contributed by atoms with van der Waals surface area (Å²) in [5.41, 5.74) is 5.21. The lowest BCUT2D eigenvalue weighted by Crippen LogP contribution is -2.26. The van der Waals surface area contributed by atoms with Crippen molar-refractivity contribution in [3.05, 3.63) is 52.3 Å². The molecular weight excluding hydrogens is 300 g/mol. The summed E-state index contributed by atoms with van der Waals surface area (Å²) in [4.78, 5) is 12.5. The Labute approximate surface area is 144 Å². The van der Waals surface area contributed by atoms with Crippen LogP contribution in [-0.4, -0.2) is 24.1 Å². The molecule has 0 aliphatic heterocycles. The molecule has 0 saturated heterocycles. The highest BCUT2D eigenvalue weighted by Gasteiger charge is 2.16. The Morgan fingerprint density at radius 1 is 1.21 bits per heavy atom. The molecule has 0 aliphatic carbocycles. The fraction of sp³-hybridized carbons (Fsp3) is 0.450. The van der Waals surface area contributed by atoms with Gasteiger partial charge in [0.25, 0.3) is 5.91 Å². The number of methoxy groups -OCH3 is 1. The maximum Gasteiger partial charge on any atom is 0.253 e. The van der Waals surface area contributed by atoms with E-state index in [9.17, 15) is 4.79 Å². The van der Waals surface area contributed by atoms with Gasteiger partial charge in [-0.15, -0.1) is 0 Å². The van der Waals surface area contributed by atoms with Gasteiger partial charge in [0, 0.05) is 24.0 Å². The van der Waals surface area contributed by atoms with Crippen molar-refractivity contribution < 1.29 is 9.53 Å². The molecule has 0 fully saturated rings. The van der Waals surface area contributed by atoms with Crippen LogP contribution < -0.4 is 10.1 Å². The zero-order chi connectivity index (χ0) is 17.9. The summed E-state index contributed by atoms with van der Waals surface area (Å²) in [6.45, 7) is 11.0. The number of ether oxygens (including phenoxy) is 1. The number of hydrogen-bond acceptors (Lipinski definition) is 2. The molecule has 1 N–H and O–H groups in total. The molecule has 24 heavy (non-hydrogen) atoms. The second-order valence-corrected chi connectivity index (χ2v) is 6.57. The van der Waals surface area contributed by atoms with Crippen molar-refractivity contribution in [1.82, 2.24) is 9.88 Å². The van der Waals surface area contributed by atoms with Crippen LogP contribution in [0.5, 0.6) is 5.75 Å². The first-order chi connectivity index (χ1) is 11.3. The molecule has 0 atom stereocenters. The molecule has 0 spiro atoms. The second-order valence-electron chi connectivity index (χ2n) is 6.57. The minimum absolute atomic E-state index is 0.0124. The molecule has 0 aliphatic rings. The molecule has 2 aromatic rings. The number of benzene rings is 1. The number of rotatable bonds is 6. The normalized spacial score (nSPS) is 11.0. The van der Waals surface area contributed by atoms with Gasteiger partial charge in [0.15, 0.2) is 0 Å². The summed E-state index contributed by atoms with van der Waals surface area (Å²) in [6, 6.07) is 8.43. The summed E-state index contributed by atoms with van der Waals surface area (Å²) >= 11 is 0. The average molecular weight is 328 g/mol. The van der Waals surface area contributed by atoms with Crippen molar-refractivity contribution in [2.24, 2.45) is 0 Å². The summed E-state index contributed by atoms with van der Waals surface area (Å²) < 4.78 is 7.58. The fourth-order valence-corrected chi connectivity index (χ4v) is 3.31. The molecule has 4 heteroatoms. The molecule has 4 nitrogen and oxygen atoms in total. The lowest BCUT2D eigenvalue weighted by molar-refractivity contribution is 0.0953. The maximum absolute atomic E-state index is 12.5. The maximum atomic E-state index is 12.5. The molecule has 1 aromatic carbocycles. The smallest absolute Gasteiger partial charge is 0.253 e. The van der Waals surface area contributed by atoms with E-state index in [1.807, 2.05) is 32.0 Å². The molecule has 0 unspecified atom stereocenters. The van der Waals surface area contributed by atoms with Gasteiger partial charge in [0.1, 0.15) is 5.75 Å². The predicted molar refractivity (Wildman–Crippen MR) is 98.1 cm³/mol. The van der Waals surface area contributed by atoms with Crippen LogP contribution in [0.3, 0.4) is 0 Å². The van der Waals surface area contributed by atoms with E-state index in [1.165, 1.54) is 5.56 Å². The topological polar surface area (TPSA) is 43.3 Å². The van der Waals surface area contributed by atoms with E-state index in [-0.39, 0.29) is 5.91 Å². The van der Waals surface area contributed by atoms with Crippen LogP contribution in [0.1, 0.15) is 52.8 Å². The zero-order valence-electron chi connectivity index (χ0n) is 15.6. The Kier molecular flexibility index (Phi) is 5.71. The molecule has 2 rings (SSSR count). The Hall–Kier alpha value is -2.23. The van der Waals surface area contributed by atoms with Crippen LogP contribution in [0, 0.1) is 20.8 Å². The molecule has 1 aromatic heterocycles. The van der Waals surface area contributed by atoms with Crippen molar-refractivity contribution in [2.75, 3.05) is 13.7 Å². The standard InChI is InChI=1S/C20H28N2O2/c1-13(2)22-15(4)12-18(16(22)5)20(23)21-10-9-17-11-14(3)7-8-19(17)24-6/h7-8,11-13H,9-10H2,1-6H3,(H,21,23). The SMILES string of the molecule is COc1ccc(C)cc1CCNC(=O)c1cc(C)n(C(C)C)c1C. The van der Waals surface area contributed by atoms with Gasteiger partial charge in [-0.05, 0) is 58.7 Å². The monoisotopic (exact) mass is 328 g/mol. The van der Waals surface area contributed by atoms with Gasteiger partial charge < -0.3 is 14.6 Å². The van der Waals surface area contributed by atoms with Crippen molar-refractivity contribution >= 4 is 5.91 Å². The molecular formula is C20H28N2O2. The average Bonchev–Trinajstić information content (AvgIpc) is 2.82. The Morgan fingerprint density at radius 2 is 1.92 bits per heavy atom. The molecule has 0 radical (unpaired) electrons. The number of nitrogens with zero attached hydrogens (tertiary/aromatic N) is 1. The van der Waals surface area contributed by atoms with E-state index < -0.39 is 0 Å². The summed E-state index contributed by atoms with van der Waals surface area (Å²) in [5.74, 6) is 0.856. The van der Waals surface area contributed by atoms with E-state index in [0.29, 0.717) is 12.6 Å². The summed E-state index contributed by atoms with van der Waals surface area (Å²) in [5, 5.41) is 3.03. The molecule has 0 saturated carbocycles. The summed E-state index contributed by atoms with van der Waals surface area (Å²) in [7, 11) is 1.67. The van der Waals surface area contributed by atoms with Crippen LogP contribution in [0.25, 0.3) is 0 Å². The first-order valence-electron chi connectivity index (χ1n) is 8.45. The van der Waals surface area contributed by atoms with E-state index in [1.54, 1.807) is 7.11 Å². The minimum Gasteiger partial charge on any atom is -0.496 e. The number of nitrogens with one attached hydrogen (secondary N) is 1. The first-order valence-corrected chi connectivity index (χ1v) is 8.45. The van der Waals surface area contributed by atoms with E-state index in [0.717, 1.165) is 34.7 Å². The van der Waals surface area contributed by atoms with Crippen LogP contribution in [0.2, 0.25) is 0 Å².